The Labute approximate surface area is 188 Å². The standard InChI is InChI=1S/C24H19N5S2/c1-17-7-5-6-10-21(17)29-22(18-11-13-25-14-12-18)27-28-24(29)31-16-20-15-30-23(26-20)19-8-3-2-4-9-19/h2-15H,16H2,1H3. The highest BCUT2D eigenvalue weighted by Crippen LogP contribution is 2.32. The van der Waals surface area contributed by atoms with Gasteiger partial charge in [0, 0.05) is 34.7 Å². The predicted octanol–water partition coefficient (Wildman–Crippen LogP) is 6.05. The van der Waals surface area contributed by atoms with Crippen molar-refractivity contribution < 1.29 is 0 Å². The Morgan fingerprint density at radius 3 is 2.45 bits per heavy atom. The van der Waals surface area contributed by atoms with Gasteiger partial charge in [-0.05, 0) is 30.7 Å². The van der Waals surface area contributed by atoms with Crippen molar-refractivity contribution in [3.63, 3.8) is 0 Å². The number of thiazole rings is 1. The zero-order valence-electron chi connectivity index (χ0n) is 16.8. The number of benzene rings is 2. The van der Waals surface area contributed by atoms with Gasteiger partial charge >= 0.3 is 0 Å². The highest BCUT2D eigenvalue weighted by molar-refractivity contribution is 7.98. The van der Waals surface area contributed by atoms with Gasteiger partial charge in [-0.15, -0.1) is 21.5 Å². The number of thioether (sulfide) groups is 1. The van der Waals surface area contributed by atoms with Gasteiger partial charge < -0.3 is 0 Å². The van der Waals surface area contributed by atoms with E-state index >= 15 is 0 Å². The molecule has 0 N–H and O–H groups in total. The Morgan fingerprint density at radius 1 is 0.871 bits per heavy atom. The Balaban J connectivity index is 1.47. The van der Waals surface area contributed by atoms with Gasteiger partial charge in [-0.25, -0.2) is 4.98 Å². The molecule has 0 bridgehead atoms. The van der Waals surface area contributed by atoms with Crippen molar-refractivity contribution in [1.29, 1.82) is 0 Å². The van der Waals surface area contributed by atoms with Crippen molar-refractivity contribution in [2.45, 2.75) is 17.8 Å². The molecule has 152 valence electrons. The third kappa shape index (κ3) is 4.15. The zero-order valence-corrected chi connectivity index (χ0v) is 18.5. The van der Waals surface area contributed by atoms with Crippen molar-refractivity contribution in [3.05, 3.63) is 95.8 Å². The first-order chi connectivity index (χ1) is 15.3. The summed E-state index contributed by atoms with van der Waals surface area (Å²) in [5.41, 5.74) is 5.41. The summed E-state index contributed by atoms with van der Waals surface area (Å²) in [6, 6.07) is 22.5. The predicted molar refractivity (Wildman–Crippen MR) is 126 cm³/mol. The second kappa shape index (κ2) is 8.83. The van der Waals surface area contributed by atoms with Crippen LogP contribution in [0.5, 0.6) is 0 Å². The van der Waals surface area contributed by atoms with Gasteiger partial charge in [0.25, 0.3) is 0 Å². The van der Waals surface area contributed by atoms with Crippen LogP contribution in [0.4, 0.5) is 0 Å². The van der Waals surface area contributed by atoms with Crippen LogP contribution in [0, 0.1) is 6.92 Å². The van der Waals surface area contributed by atoms with Gasteiger partial charge in [0.05, 0.1) is 11.4 Å². The summed E-state index contributed by atoms with van der Waals surface area (Å²) < 4.78 is 2.12. The van der Waals surface area contributed by atoms with Gasteiger partial charge in [0.2, 0.25) is 0 Å². The van der Waals surface area contributed by atoms with E-state index in [-0.39, 0.29) is 0 Å². The summed E-state index contributed by atoms with van der Waals surface area (Å²) in [5.74, 6) is 1.53. The van der Waals surface area contributed by atoms with Crippen LogP contribution in [0.25, 0.3) is 27.6 Å². The molecule has 0 saturated carbocycles. The van der Waals surface area contributed by atoms with E-state index in [2.05, 4.69) is 56.3 Å². The number of para-hydroxylation sites is 1. The van der Waals surface area contributed by atoms with E-state index in [1.807, 2.05) is 42.5 Å². The maximum Gasteiger partial charge on any atom is 0.196 e. The monoisotopic (exact) mass is 441 g/mol. The number of pyridine rings is 1. The molecule has 0 amide bonds. The smallest absolute Gasteiger partial charge is 0.196 e. The third-order valence-electron chi connectivity index (χ3n) is 4.85. The molecule has 2 aromatic carbocycles. The number of hydrogen-bond acceptors (Lipinski definition) is 6. The third-order valence-corrected chi connectivity index (χ3v) is 6.75. The molecule has 31 heavy (non-hydrogen) atoms. The Hall–Kier alpha value is -3.29. The highest BCUT2D eigenvalue weighted by atomic mass is 32.2. The van der Waals surface area contributed by atoms with Gasteiger partial charge in [-0.2, -0.15) is 0 Å². The van der Waals surface area contributed by atoms with E-state index in [0.717, 1.165) is 44.2 Å². The minimum Gasteiger partial charge on any atom is -0.270 e. The fourth-order valence-electron chi connectivity index (χ4n) is 3.31. The van der Waals surface area contributed by atoms with E-state index in [1.54, 1.807) is 35.5 Å². The van der Waals surface area contributed by atoms with Gasteiger partial charge in [0.15, 0.2) is 11.0 Å². The minimum absolute atomic E-state index is 0.726. The van der Waals surface area contributed by atoms with Crippen LogP contribution in [0.2, 0.25) is 0 Å². The summed E-state index contributed by atoms with van der Waals surface area (Å²) in [4.78, 5) is 8.94. The Kier molecular flexibility index (Phi) is 5.60. The lowest BCUT2D eigenvalue weighted by Gasteiger charge is -2.12. The molecule has 0 aliphatic carbocycles. The van der Waals surface area contributed by atoms with Crippen LogP contribution in [0.3, 0.4) is 0 Å². The molecule has 0 atom stereocenters. The average molecular weight is 442 g/mol. The number of nitrogens with zero attached hydrogens (tertiary/aromatic N) is 5. The van der Waals surface area contributed by atoms with Gasteiger partial charge in [-0.3, -0.25) is 9.55 Å². The number of aromatic nitrogens is 5. The molecule has 0 unspecified atom stereocenters. The lowest BCUT2D eigenvalue weighted by molar-refractivity contribution is 0.879. The largest absolute Gasteiger partial charge is 0.270 e. The molecule has 0 aliphatic rings. The van der Waals surface area contributed by atoms with Crippen LogP contribution >= 0.6 is 23.1 Å². The van der Waals surface area contributed by atoms with Crippen LogP contribution in [-0.4, -0.2) is 24.7 Å². The second-order valence-corrected chi connectivity index (χ2v) is 8.76. The van der Waals surface area contributed by atoms with Gasteiger partial charge in [-0.1, -0.05) is 60.3 Å². The van der Waals surface area contributed by atoms with E-state index in [1.165, 1.54) is 5.56 Å². The maximum absolute atomic E-state index is 4.81. The summed E-state index contributed by atoms with van der Waals surface area (Å²) in [7, 11) is 0. The number of rotatable bonds is 6. The molecule has 3 aromatic heterocycles. The van der Waals surface area contributed by atoms with Crippen molar-refractivity contribution in [2.75, 3.05) is 0 Å². The van der Waals surface area contributed by atoms with E-state index in [0.29, 0.717) is 0 Å². The fourth-order valence-corrected chi connectivity index (χ4v) is 5.08. The topological polar surface area (TPSA) is 56.5 Å². The lowest BCUT2D eigenvalue weighted by Crippen LogP contribution is -2.02. The van der Waals surface area contributed by atoms with Crippen molar-refractivity contribution in [2.24, 2.45) is 0 Å². The first kappa shape index (κ1) is 19.7. The molecule has 5 aromatic rings. The summed E-state index contributed by atoms with van der Waals surface area (Å²) in [5, 5.41) is 13.0. The fraction of sp³-hybridized carbons (Fsp3) is 0.0833. The molecule has 0 fully saturated rings. The number of aryl methyl sites for hydroxylation is 1. The Morgan fingerprint density at radius 2 is 1.65 bits per heavy atom. The molecule has 0 saturated heterocycles. The quantitative estimate of drug-likeness (QED) is 0.300. The first-order valence-electron chi connectivity index (χ1n) is 9.84. The number of hydrogen-bond donors (Lipinski definition) is 0. The molecule has 5 rings (SSSR count). The highest BCUT2D eigenvalue weighted by Gasteiger charge is 2.18. The molecular formula is C24H19N5S2. The van der Waals surface area contributed by atoms with E-state index in [9.17, 15) is 0 Å². The van der Waals surface area contributed by atoms with Crippen molar-refractivity contribution in [3.8, 4) is 27.6 Å². The normalized spacial score (nSPS) is 11.0. The lowest BCUT2D eigenvalue weighted by atomic mass is 10.2. The van der Waals surface area contributed by atoms with Crippen LogP contribution in [0.15, 0.2) is 89.7 Å². The van der Waals surface area contributed by atoms with Gasteiger partial charge in [0.1, 0.15) is 5.01 Å². The first-order valence-corrected chi connectivity index (χ1v) is 11.7. The average Bonchev–Trinajstić information content (AvgIpc) is 3.46. The van der Waals surface area contributed by atoms with Crippen LogP contribution in [-0.2, 0) is 5.75 Å². The van der Waals surface area contributed by atoms with Crippen molar-refractivity contribution in [1.82, 2.24) is 24.7 Å². The van der Waals surface area contributed by atoms with E-state index in [4.69, 9.17) is 4.98 Å². The second-order valence-electron chi connectivity index (χ2n) is 6.96. The maximum atomic E-state index is 4.81. The SMILES string of the molecule is Cc1ccccc1-n1c(SCc2csc(-c3ccccc3)n2)nnc1-c1ccncc1. The molecule has 7 heteroatoms. The zero-order chi connectivity index (χ0) is 21.0. The van der Waals surface area contributed by atoms with Crippen LogP contribution < -0.4 is 0 Å². The molecule has 3 heterocycles. The summed E-state index contributed by atoms with van der Waals surface area (Å²) in [6.07, 6.45) is 3.55. The summed E-state index contributed by atoms with van der Waals surface area (Å²) >= 11 is 3.31. The molecule has 0 spiro atoms. The summed E-state index contributed by atoms with van der Waals surface area (Å²) in [6.45, 7) is 2.10. The minimum atomic E-state index is 0.726. The van der Waals surface area contributed by atoms with Crippen molar-refractivity contribution >= 4 is 23.1 Å². The van der Waals surface area contributed by atoms with Crippen LogP contribution in [0.1, 0.15) is 11.3 Å². The molecular weight excluding hydrogens is 422 g/mol. The molecule has 0 aliphatic heterocycles. The molecule has 5 nitrogen and oxygen atoms in total. The molecule has 0 radical (unpaired) electrons. The Bertz CT molecular complexity index is 1300. The van der Waals surface area contributed by atoms with E-state index < -0.39 is 0 Å².